The van der Waals surface area contributed by atoms with E-state index in [1.54, 1.807) is 15.9 Å². The van der Waals surface area contributed by atoms with E-state index < -0.39 is 0 Å². The van der Waals surface area contributed by atoms with E-state index in [-0.39, 0.29) is 5.91 Å². The number of carbonyl (C=O) groups is 1. The number of aryl methyl sites for hydroxylation is 1. The largest absolute Gasteiger partial charge is 0.283 e. The molecule has 1 saturated carbocycles. The van der Waals surface area contributed by atoms with Crippen LogP contribution in [0.4, 0.5) is 0 Å². The third kappa shape index (κ3) is 3.71. The Balaban J connectivity index is 1.69. The Morgan fingerprint density at radius 3 is 2.85 bits per heavy atom. The maximum Gasteiger partial charge on any atom is 0.283 e. The van der Waals surface area contributed by atoms with Gasteiger partial charge >= 0.3 is 0 Å². The van der Waals surface area contributed by atoms with E-state index in [9.17, 15) is 4.79 Å². The smallest absolute Gasteiger partial charge is 0.266 e. The molecule has 4 nitrogen and oxygen atoms in total. The van der Waals surface area contributed by atoms with Crippen molar-refractivity contribution in [1.82, 2.24) is 9.55 Å². The van der Waals surface area contributed by atoms with Gasteiger partial charge in [0, 0.05) is 22.5 Å². The zero-order valence-electron chi connectivity index (χ0n) is 14.7. The molecule has 6 heteroatoms. The van der Waals surface area contributed by atoms with Gasteiger partial charge in [-0.2, -0.15) is 11.3 Å². The average Bonchev–Trinajstić information content (AvgIpc) is 3.34. The highest BCUT2D eigenvalue weighted by atomic mass is 32.1. The third-order valence-corrected chi connectivity index (χ3v) is 6.26. The van der Waals surface area contributed by atoms with E-state index in [1.807, 2.05) is 42.1 Å². The molecule has 0 atom stereocenters. The van der Waals surface area contributed by atoms with Gasteiger partial charge in [-0.25, -0.2) is 4.98 Å². The van der Waals surface area contributed by atoms with Gasteiger partial charge in [-0.3, -0.25) is 14.4 Å². The molecule has 0 N–H and O–H groups in total. The average molecular weight is 384 g/mol. The number of rotatable bonds is 3. The van der Waals surface area contributed by atoms with Crippen LogP contribution < -0.4 is 5.49 Å². The Bertz CT molecular complexity index is 963. The Kier molecular flexibility index (Phi) is 5.13. The first-order valence-electron chi connectivity index (χ1n) is 8.97. The summed E-state index contributed by atoms with van der Waals surface area (Å²) in [5.41, 5.74) is 3.40. The van der Waals surface area contributed by atoms with Crippen LogP contribution in [-0.2, 0) is 0 Å². The van der Waals surface area contributed by atoms with Gasteiger partial charge in [0.2, 0.25) is 0 Å². The minimum Gasteiger partial charge on any atom is -0.266 e. The van der Waals surface area contributed by atoms with Crippen molar-refractivity contribution in [2.75, 3.05) is 0 Å². The SMILES string of the molecule is Cc1ccn(C(=O)c2csc(-c3ccsc3)n2)c(=NC2CCCCC2)c1. The summed E-state index contributed by atoms with van der Waals surface area (Å²) in [5.74, 6) is -0.114. The van der Waals surface area contributed by atoms with Gasteiger partial charge in [0.15, 0.2) is 0 Å². The molecule has 0 amide bonds. The van der Waals surface area contributed by atoms with Gasteiger partial charge in [0.25, 0.3) is 5.91 Å². The summed E-state index contributed by atoms with van der Waals surface area (Å²) < 4.78 is 1.65. The van der Waals surface area contributed by atoms with Crippen molar-refractivity contribution in [2.45, 2.75) is 45.1 Å². The standard InChI is InChI=1S/C20H21N3OS2/c1-14-7-9-23(18(11-14)21-16-5-3-2-4-6-16)20(24)17-13-26-19(22-17)15-8-10-25-12-15/h7-13,16H,2-6H2,1H3. The molecule has 0 aliphatic heterocycles. The second kappa shape index (κ2) is 7.68. The van der Waals surface area contributed by atoms with Crippen molar-refractivity contribution >= 4 is 28.6 Å². The zero-order chi connectivity index (χ0) is 17.9. The first-order valence-corrected chi connectivity index (χ1v) is 10.8. The summed E-state index contributed by atoms with van der Waals surface area (Å²) in [6.07, 6.45) is 7.79. The highest BCUT2D eigenvalue weighted by Crippen LogP contribution is 2.26. The molecule has 0 unspecified atom stereocenters. The molecule has 1 aliphatic rings. The Labute approximate surface area is 160 Å². The summed E-state index contributed by atoms with van der Waals surface area (Å²) in [6, 6.07) is 6.30. The Morgan fingerprint density at radius 1 is 1.23 bits per heavy atom. The monoisotopic (exact) mass is 383 g/mol. The number of hydrogen-bond donors (Lipinski definition) is 0. The topological polar surface area (TPSA) is 47.2 Å². The summed E-state index contributed by atoms with van der Waals surface area (Å²) >= 11 is 3.14. The number of aromatic nitrogens is 2. The number of thiophene rings is 1. The van der Waals surface area contributed by atoms with Crippen LogP contribution in [0.25, 0.3) is 10.6 Å². The van der Waals surface area contributed by atoms with Gasteiger partial charge in [0.1, 0.15) is 16.2 Å². The van der Waals surface area contributed by atoms with E-state index in [4.69, 9.17) is 4.99 Å². The summed E-state index contributed by atoms with van der Waals surface area (Å²) in [6.45, 7) is 2.03. The highest BCUT2D eigenvalue weighted by Gasteiger charge is 2.16. The van der Waals surface area contributed by atoms with Crippen LogP contribution in [0, 0.1) is 6.92 Å². The van der Waals surface area contributed by atoms with Crippen molar-refractivity contribution in [3.8, 4) is 10.6 Å². The lowest BCUT2D eigenvalue weighted by Crippen LogP contribution is -2.30. The predicted molar refractivity (Wildman–Crippen MR) is 107 cm³/mol. The first-order chi connectivity index (χ1) is 12.7. The van der Waals surface area contributed by atoms with Gasteiger partial charge in [-0.05, 0) is 48.9 Å². The number of hydrogen-bond acceptors (Lipinski definition) is 5. The second-order valence-corrected chi connectivity index (χ2v) is 8.35. The summed E-state index contributed by atoms with van der Waals surface area (Å²) in [4.78, 5) is 22.5. The van der Waals surface area contributed by atoms with Gasteiger partial charge in [0.05, 0.1) is 6.04 Å². The molecule has 3 aromatic rings. The molecular weight excluding hydrogens is 362 g/mol. The molecule has 0 spiro atoms. The van der Waals surface area contributed by atoms with Gasteiger partial charge in [-0.1, -0.05) is 19.3 Å². The number of nitrogens with zero attached hydrogens (tertiary/aromatic N) is 3. The Morgan fingerprint density at radius 2 is 2.08 bits per heavy atom. The Hall–Kier alpha value is -2.05. The molecule has 1 fully saturated rings. The zero-order valence-corrected chi connectivity index (χ0v) is 16.4. The molecular formula is C20H21N3OS2. The van der Waals surface area contributed by atoms with Crippen LogP contribution in [-0.4, -0.2) is 21.5 Å². The van der Waals surface area contributed by atoms with Gasteiger partial charge in [-0.15, -0.1) is 11.3 Å². The molecule has 3 aromatic heterocycles. The third-order valence-electron chi connectivity index (χ3n) is 4.69. The second-order valence-electron chi connectivity index (χ2n) is 6.71. The van der Waals surface area contributed by atoms with Crippen LogP contribution in [0.15, 0.2) is 45.5 Å². The molecule has 0 bridgehead atoms. The normalized spacial score (nSPS) is 16.1. The first kappa shape index (κ1) is 17.4. The molecule has 134 valence electrons. The lowest BCUT2D eigenvalue weighted by atomic mass is 9.96. The molecule has 1 aliphatic carbocycles. The minimum atomic E-state index is -0.114. The van der Waals surface area contributed by atoms with Crippen LogP contribution >= 0.6 is 22.7 Å². The minimum absolute atomic E-state index is 0.114. The fourth-order valence-electron chi connectivity index (χ4n) is 3.27. The van der Waals surface area contributed by atoms with E-state index >= 15 is 0 Å². The molecule has 3 heterocycles. The van der Waals surface area contributed by atoms with E-state index in [1.165, 1.54) is 30.6 Å². The van der Waals surface area contributed by atoms with E-state index in [0.29, 0.717) is 11.7 Å². The maximum absolute atomic E-state index is 13.1. The quantitative estimate of drug-likeness (QED) is 0.645. The molecule has 0 radical (unpaired) electrons. The number of carbonyl (C=O) groups excluding carboxylic acids is 1. The molecule has 0 aromatic carbocycles. The lowest BCUT2D eigenvalue weighted by molar-refractivity contribution is 0.0950. The highest BCUT2D eigenvalue weighted by molar-refractivity contribution is 7.14. The maximum atomic E-state index is 13.1. The van der Waals surface area contributed by atoms with Crippen LogP contribution in [0.2, 0.25) is 0 Å². The number of pyridine rings is 1. The summed E-state index contributed by atoms with van der Waals surface area (Å²) in [7, 11) is 0. The van der Waals surface area contributed by atoms with E-state index in [0.717, 1.165) is 34.5 Å². The van der Waals surface area contributed by atoms with Gasteiger partial charge < -0.3 is 0 Å². The molecule has 0 saturated heterocycles. The van der Waals surface area contributed by atoms with Crippen LogP contribution in [0.3, 0.4) is 0 Å². The lowest BCUT2D eigenvalue weighted by Gasteiger charge is -2.17. The van der Waals surface area contributed by atoms with Crippen molar-refractivity contribution in [3.63, 3.8) is 0 Å². The van der Waals surface area contributed by atoms with Crippen LogP contribution in [0.1, 0.15) is 48.2 Å². The number of thiazole rings is 1. The van der Waals surface area contributed by atoms with Crippen LogP contribution in [0.5, 0.6) is 0 Å². The summed E-state index contributed by atoms with van der Waals surface area (Å²) in [5, 5.41) is 6.80. The van der Waals surface area contributed by atoms with E-state index in [2.05, 4.69) is 10.4 Å². The van der Waals surface area contributed by atoms with Crippen molar-refractivity contribution < 1.29 is 4.79 Å². The fourth-order valence-corrected chi connectivity index (χ4v) is 4.78. The van der Waals surface area contributed by atoms with Crippen molar-refractivity contribution in [2.24, 2.45) is 4.99 Å². The van der Waals surface area contributed by atoms with Crippen molar-refractivity contribution in [1.29, 1.82) is 0 Å². The fraction of sp³-hybridized carbons (Fsp3) is 0.350. The molecule has 4 rings (SSSR count). The van der Waals surface area contributed by atoms with Crippen molar-refractivity contribution in [3.05, 3.63) is 57.3 Å². The molecule has 26 heavy (non-hydrogen) atoms. The predicted octanol–water partition coefficient (Wildman–Crippen LogP) is 4.90.